The monoisotopic (exact) mass is 468 g/mol. The number of rotatable bonds is 7. The van der Waals surface area contributed by atoms with E-state index in [1.165, 1.54) is 36.8 Å². The van der Waals surface area contributed by atoms with Crippen LogP contribution in [0.25, 0.3) is 0 Å². The van der Waals surface area contributed by atoms with Gasteiger partial charge in [-0.2, -0.15) is 0 Å². The van der Waals surface area contributed by atoms with Crippen LogP contribution in [0.15, 0.2) is 48.5 Å². The Hall–Kier alpha value is -1.03. The second-order valence-electron chi connectivity index (χ2n) is 8.45. The average molecular weight is 468 g/mol. The molecule has 3 nitrogen and oxygen atoms in total. The third kappa shape index (κ3) is 7.31. The van der Waals surface area contributed by atoms with Gasteiger partial charge in [-0.3, -0.25) is 4.79 Å². The molecule has 2 aromatic rings. The van der Waals surface area contributed by atoms with Gasteiger partial charge >= 0.3 is 0 Å². The van der Waals surface area contributed by atoms with Gasteiger partial charge in [0.2, 0.25) is 0 Å². The number of carbonyl (C=O) groups excluding carboxylic acids is 1. The van der Waals surface area contributed by atoms with Crippen LogP contribution in [-0.4, -0.2) is 30.0 Å². The molecule has 0 saturated carbocycles. The molecular weight excluding hydrogens is 433 g/mol. The van der Waals surface area contributed by atoms with Crippen LogP contribution in [0.5, 0.6) is 0 Å². The van der Waals surface area contributed by atoms with Crippen LogP contribution >= 0.6 is 0 Å². The Kier molecular flexibility index (Phi) is 10.0. The number of quaternary nitrogens is 1. The fourth-order valence-electron chi connectivity index (χ4n) is 4.45. The van der Waals surface area contributed by atoms with Crippen molar-refractivity contribution in [3.8, 4) is 0 Å². The maximum Gasteiger partial charge on any atom is 0.279 e. The van der Waals surface area contributed by atoms with Crippen molar-refractivity contribution in [3.05, 3.63) is 65.2 Å². The van der Waals surface area contributed by atoms with E-state index in [0.29, 0.717) is 6.54 Å². The van der Waals surface area contributed by atoms with Crippen molar-refractivity contribution in [1.29, 1.82) is 0 Å². The van der Waals surface area contributed by atoms with Gasteiger partial charge in [0.15, 0.2) is 6.54 Å². The SMILES string of the molecule is CCCc1ccc(C)c(NC(=O)C[N+]2(Cc3ccccc3)CCCCCC2)c1.[Y]. The molecule has 153 valence electrons. The van der Waals surface area contributed by atoms with Gasteiger partial charge in [-0.15, -0.1) is 0 Å². The zero-order valence-electron chi connectivity index (χ0n) is 18.1. The Morgan fingerprint density at radius 2 is 1.66 bits per heavy atom. The molecule has 0 unspecified atom stereocenters. The van der Waals surface area contributed by atoms with Gasteiger partial charge in [-0.1, -0.05) is 55.8 Å². The molecule has 2 aromatic carbocycles. The minimum atomic E-state index is 0. The topological polar surface area (TPSA) is 29.1 Å². The summed E-state index contributed by atoms with van der Waals surface area (Å²) in [6.07, 6.45) is 7.17. The number of amides is 1. The third-order valence-corrected chi connectivity index (χ3v) is 5.97. The zero-order chi connectivity index (χ0) is 19.8. The summed E-state index contributed by atoms with van der Waals surface area (Å²) in [5.74, 6) is 0.148. The molecule has 0 atom stereocenters. The van der Waals surface area contributed by atoms with Crippen LogP contribution in [0.2, 0.25) is 0 Å². The van der Waals surface area contributed by atoms with E-state index < -0.39 is 0 Å². The number of likely N-dealkylation sites (tertiary alicyclic amines) is 1. The second-order valence-corrected chi connectivity index (χ2v) is 8.45. The molecule has 1 radical (unpaired) electrons. The predicted molar refractivity (Wildman–Crippen MR) is 117 cm³/mol. The van der Waals surface area contributed by atoms with Gasteiger partial charge in [0.1, 0.15) is 6.54 Å². The summed E-state index contributed by atoms with van der Waals surface area (Å²) < 4.78 is 0.879. The van der Waals surface area contributed by atoms with Gasteiger partial charge in [-0.05, 0) is 56.2 Å². The summed E-state index contributed by atoms with van der Waals surface area (Å²) in [4.78, 5) is 13.1. The molecule has 0 bridgehead atoms. The second kappa shape index (κ2) is 12.0. The first-order valence-corrected chi connectivity index (χ1v) is 10.9. The van der Waals surface area contributed by atoms with Crippen molar-refractivity contribution < 1.29 is 42.0 Å². The normalized spacial score (nSPS) is 15.8. The Balaban J connectivity index is 0.00000300. The number of carbonyl (C=O) groups is 1. The number of hydrogen-bond acceptors (Lipinski definition) is 1. The molecule has 0 spiro atoms. The Morgan fingerprint density at radius 3 is 2.31 bits per heavy atom. The summed E-state index contributed by atoms with van der Waals surface area (Å²) in [5, 5.41) is 3.23. The molecular formula is C25H35N2OY+. The molecule has 3 rings (SSSR count). The fourth-order valence-corrected chi connectivity index (χ4v) is 4.45. The van der Waals surface area contributed by atoms with E-state index in [2.05, 4.69) is 67.7 Å². The van der Waals surface area contributed by atoms with Crippen LogP contribution < -0.4 is 5.32 Å². The summed E-state index contributed by atoms with van der Waals surface area (Å²) in [5.41, 5.74) is 4.74. The smallest absolute Gasteiger partial charge is 0.279 e. The first kappa shape index (κ1) is 24.2. The summed E-state index contributed by atoms with van der Waals surface area (Å²) >= 11 is 0. The number of hydrogen-bond donors (Lipinski definition) is 1. The summed E-state index contributed by atoms with van der Waals surface area (Å²) in [7, 11) is 0. The van der Waals surface area contributed by atoms with E-state index in [4.69, 9.17) is 0 Å². The Labute approximate surface area is 201 Å². The van der Waals surface area contributed by atoms with Crippen LogP contribution in [0.4, 0.5) is 5.69 Å². The number of anilines is 1. The molecule has 1 fully saturated rings. The number of nitrogens with one attached hydrogen (secondary N) is 1. The molecule has 1 N–H and O–H groups in total. The summed E-state index contributed by atoms with van der Waals surface area (Å²) in [6.45, 7) is 7.96. The van der Waals surface area contributed by atoms with E-state index in [1.807, 2.05) is 0 Å². The van der Waals surface area contributed by atoms with Crippen LogP contribution in [0.3, 0.4) is 0 Å². The molecule has 1 amide bonds. The number of benzene rings is 2. The first-order chi connectivity index (χ1) is 13.6. The molecule has 1 heterocycles. The van der Waals surface area contributed by atoms with E-state index in [-0.39, 0.29) is 38.6 Å². The van der Waals surface area contributed by atoms with Crippen molar-refractivity contribution in [3.63, 3.8) is 0 Å². The molecule has 29 heavy (non-hydrogen) atoms. The van der Waals surface area contributed by atoms with E-state index >= 15 is 0 Å². The molecule has 1 aliphatic heterocycles. The molecule has 1 saturated heterocycles. The zero-order valence-corrected chi connectivity index (χ0v) is 21.0. The average Bonchev–Trinajstić information content (AvgIpc) is 2.91. The maximum absolute atomic E-state index is 13.1. The largest absolute Gasteiger partial charge is 0.321 e. The molecule has 0 aromatic heterocycles. The van der Waals surface area contributed by atoms with Gasteiger partial charge in [0.05, 0.1) is 13.1 Å². The molecule has 0 aliphatic carbocycles. The van der Waals surface area contributed by atoms with Gasteiger partial charge in [-0.25, -0.2) is 0 Å². The maximum atomic E-state index is 13.1. The van der Waals surface area contributed by atoms with Crippen molar-refractivity contribution >= 4 is 11.6 Å². The van der Waals surface area contributed by atoms with Gasteiger partial charge < -0.3 is 9.80 Å². The molecule has 4 heteroatoms. The quantitative estimate of drug-likeness (QED) is 0.536. The van der Waals surface area contributed by atoms with Crippen LogP contribution in [-0.2, 0) is 50.5 Å². The van der Waals surface area contributed by atoms with Crippen molar-refractivity contribution in [1.82, 2.24) is 0 Å². The van der Waals surface area contributed by atoms with Crippen LogP contribution in [0.1, 0.15) is 55.7 Å². The number of nitrogens with zero attached hydrogens (tertiary/aromatic N) is 1. The minimum Gasteiger partial charge on any atom is -0.321 e. The van der Waals surface area contributed by atoms with E-state index in [0.717, 1.165) is 48.2 Å². The third-order valence-electron chi connectivity index (χ3n) is 5.97. The number of aryl methyl sites for hydroxylation is 2. The summed E-state index contributed by atoms with van der Waals surface area (Å²) in [6, 6.07) is 17.1. The van der Waals surface area contributed by atoms with Crippen molar-refractivity contribution in [2.45, 2.75) is 58.9 Å². The Morgan fingerprint density at radius 1 is 0.966 bits per heavy atom. The van der Waals surface area contributed by atoms with E-state index in [9.17, 15) is 4.79 Å². The molecule has 1 aliphatic rings. The van der Waals surface area contributed by atoms with Crippen molar-refractivity contribution in [2.75, 3.05) is 25.0 Å². The van der Waals surface area contributed by atoms with Crippen LogP contribution in [0, 0.1) is 6.92 Å². The minimum absolute atomic E-state index is 0. The standard InChI is InChI=1S/C25H34N2O.Y/c1-3-11-22-15-14-21(2)24(18-22)26-25(28)20-27(16-9-4-5-10-17-27)19-23-12-7-6-8-13-23;/h6-8,12-15,18H,3-5,9-11,16-17,19-20H2,1-2H3;/p+1. The van der Waals surface area contributed by atoms with Gasteiger partial charge in [0.25, 0.3) is 5.91 Å². The fraction of sp³-hybridized carbons (Fsp3) is 0.480. The Bertz CT molecular complexity index is 768. The predicted octanol–water partition coefficient (Wildman–Crippen LogP) is 5.47. The van der Waals surface area contributed by atoms with Crippen molar-refractivity contribution in [2.24, 2.45) is 0 Å². The van der Waals surface area contributed by atoms with Gasteiger partial charge in [0, 0.05) is 44.0 Å². The van der Waals surface area contributed by atoms with E-state index in [1.54, 1.807) is 0 Å². The first-order valence-electron chi connectivity index (χ1n) is 10.9.